The number of aliphatic hydroxyl groups excluding tert-OH is 1. The van der Waals surface area contributed by atoms with Gasteiger partial charge in [-0.1, -0.05) is 6.92 Å². The van der Waals surface area contributed by atoms with Crippen molar-refractivity contribution in [1.82, 2.24) is 9.97 Å². The van der Waals surface area contributed by atoms with Crippen LogP contribution in [0.5, 0.6) is 0 Å². The van der Waals surface area contributed by atoms with Gasteiger partial charge >= 0.3 is 0 Å². The second-order valence-corrected chi connectivity index (χ2v) is 2.95. The number of hydrogen-bond donors (Lipinski definition) is 1. The highest BCUT2D eigenvalue weighted by atomic mass is 16.3. The Morgan fingerprint density at radius 3 is 2.85 bits per heavy atom. The van der Waals surface area contributed by atoms with Crippen LogP contribution in [0.15, 0.2) is 12.4 Å². The average Bonchev–Trinajstić information content (AvgIpc) is 2.18. The molecule has 0 amide bonds. The predicted molar refractivity (Wildman–Crippen MR) is 51.5 cm³/mol. The van der Waals surface area contributed by atoms with Crippen molar-refractivity contribution in [2.24, 2.45) is 0 Å². The third kappa shape index (κ3) is 2.66. The van der Waals surface area contributed by atoms with Crippen LogP contribution in [0.2, 0.25) is 0 Å². The second-order valence-electron chi connectivity index (χ2n) is 2.95. The van der Waals surface area contributed by atoms with Crippen LogP contribution < -0.4 is 4.90 Å². The third-order valence-corrected chi connectivity index (χ3v) is 1.78. The molecule has 0 aliphatic rings. The Morgan fingerprint density at radius 2 is 2.23 bits per heavy atom. The predicted octanol–water partition coefficient (Wildman–Crippen LogP) is 0.815. The Morgan fingerprint density at radius 1 is 1.46 bits per heavy atom. The summed E-state index contributed by atoms with van der Waals surface area (Å²) in [4.78, 5) is 10.2. The van der Waals surface area contributed by atoms with Crippen molar-refractivity contribution in [2.75, 3.05) is 18.5 Å². The van der Waals surface area contributed by atoms with Crippen LogP contribution in [0, 0.1) is 0 Å². The topological polar surface area (TPSA) is 49.2 Å². The van der Waals surface area contributed by atoms with Gasteiger partial charge in [0.15, 0.2) is 0 Å². The first-order chi connectivity index (χ1) is 6.27. The summed E-state index contributed by atoms with van der Waals surface area (Å²) in [5.74, 6) is 0.813. The van der Waals surface area contributed by atoms with Gasteiger partial charge in [-0.25, -0.2) is 4.98 Å². The van der Waals surface area contributed by atoms with E-state index >= 15 is 0 Å². The van der Waals surface area contributed by atoms with Crippen LogP contribution >= 0.6 is 0 Å². The summed E-state index contributed by atoms with van der Waals surface area (Å²) in [6.45, 7) is 3.00. The lowest BCUT2D eigenvalue weighted by Gasteiger charge is -2.16. The molecule has 0 atom stereocenters. The average molecular weight is 181 g/mol. The van der Waals surface area contributed by atoms with E-state index in [9.17, 15) is 0 Å². The molecule has 1 rings (SSSR count). The molecule has 1 aromatic rings. The fourth-order valence-electron chi connectivity index (χ4n) is 1.10. The van der Waals surface area contributed by atoms with E-state index in [4.69, 9.17) is 5.11 Å². The third-order valence-electron chi connectivity index (χ3n) is 1.78. The molecule has 13 heavy (non-hydrogen) atoms. The molecule has 0 aromatic carbocycles. The van der Waals surface area contributed by atoms with Gasteiger partial charge in [-0.2, -0.15) is 0 Å². The molecular weight excluding hydrogens is 166 g/mol. The maximum absolute atomic E-state index is 8.85. The van der Waals surface area contributed by atoms with Gasteiger partial charge in [-0.3, -0.25) is 4.98 Å². The van der Waals surface area contributed by atoms with E-state index < -0.39 is 0 Å². The summed E-state index contributed by atoms with van der Waals surface area (Å²) in [6.07, 6.45) is 4.35. The molecule has 0 spiro atoms. The Hall–Kier alpha value is -1.16. The number of aromatic nitrogens is 2. The van der Waals surface area contributed by atoms with Crippen molar-refractivity contribution in [3.63, 3.8) is 0 Å². The van der Waals surface area contributed by atoms with Crippen LogP contribution in [0.25, 0.3) is 0 Å². The van der Waals surface area contributed by atoms with Crippen molar-refractivity contribution in [3.8, 4) is 0 Å². The van der Waals surface area contributed by atoms with Crippen LogP contribution in [0.4, 0.5) is 5.82 Å². The van der Waals surface area contributed by atoms with Gasteiger partial charge < -0.3 is 10.0 Å². The summed E-state index contributed by atoms with van der Waals surface area (Å²) in [5.41, 5.74) is 0.612. The van der Waals surface area contributed by atoms with E-state index in [1.807, 2.05) is 11.9 Å². The minimum absolute atomic E-state index is 0.0548. The number of aliphatic hydroxyl groups is 1. The zero-order valence-electron chi connectivity index (χ0n) is 8.06. The SMILES string of the molecule is CCCN(C)c1cncc(CO)n1. The van der Waals surface area contributed by atoms with Crippen molar-refractivity contribution in [3.05, 3.63) is 18.1 Å². The first-order valence-corrected chi connectivity index (χ1v) is 4.40. The van der Waals surface area contributed by atoms with E-state index in [0.29, 0.717) is 5.69 Å². The van der Waals surface area contributed by atoms with Gasteiger partial charge in [0.1, 0.15) is 5.82 Å². The molecule has 0 radical (unpaired) electrons. The summed E-state index contributed by atoms with van der Waals surface area (Å²) in [5, 5.41) is 8.85. The fourth-order valence-corrected chi connectivity index (χ4v) is 1.10. The monoisotopic (exact) mass is 181 g/mol. The summed E-state index contributed by atoms with van der Waals surface area (Å²) in [6, 6.07) is 0. The van der Waals surface area contributed by atoms with Crippen molar-refractivity contribution >= 4 is 5.82 Å². The lowest BCUT2D eigenvalue weighted by molar-refractivity contribution is 0.276. The maximum atomic E-state index is 8.85. The van der Waals surface area contributed by atoms with Gasteiger partial charge in [0.25, 0.3) is 0 Å². The van der Waals surface area contributed by atoms with Gasteiger partial charge in [-0.15, -0.1) is 0 Å². The van der Waals surface area contributed by atoms with Crippen LogP contribution in [0.3, 0.4) is 0 Å². The van der Waals surface area contributed by atoms with Crippen LogP contribution in [-0.2, 0) is 6.61 Å². The van der Waals surface area contributed by atoms with Gasteiger partial charge in [0, 0.05) is 13.6 Å². The molecule has 0 saturated heterocycles. The largest absolute Gasteiger partial charge is 0.390 e. The summed E-state index contributed by atoms with van der Waals surface area (Å²) in [7, 11) is 1.97. The van der Waals surface area contributed by atoms with E-state index in [1.54, 1.807) is 12.4 Å². The number of rotatable bonds is 4. The molecule has 0 aliphatic carbocycles. The van der Waals surface area contributed by atoms with Gasteiger partial charge in [0.2, 0.25) is 0 Å². The van der Waals surface area contributed by atoms with Crippen molar-refractivity contribution in [1.29, 1.82) is 0 Å². The molecule has 1 aromatic heterocycles. The highest BCUT2D eigenvalue weighted by Crippen LogP contribution is 2.07. The zero-order valence-corrected chi connectivity index (χ0v) is 8.06. The van der Waals surface area contributed by atoms with E-state index in [1.165, 1.54) is 0 Å². The first kappa shape index (κ1) is 9.92. The Labute approximate surface area is 78.2 Å². The molecule has 0 fully saturated rings. The molecule has 1 heterocycles. The molecular formula is C9H15N3O. The first-order valence-electron chi connectivity index (χ1n) is 4.40. The smallest absolute Gasteiger partial charge is 0.147 e. The second kappa shape index (κ2) is 4.77. The Bertz CT molecular complexity index is 265. The van der Waals surface area contributed by atoms with E-state index in [-0.39, 0.29) is 6.61 Å². The summed E-state index contributed by atoms with van der Waals surface area (Å²) >= 11 is 0. The number of anilines is 1. The Balaban J connectivity index is 2.75. The fraction of sp³-hybridized carbons (Fsp3) is 0.556. The van der Waals surface area contributed by atoms with Crippen LogP contribution in [-0.4, -0.2) is 28.7 Å². The molecule has 4 heteroatoms. The minimum Gasteiger partial charge on any atom is -0.390 e. The van der Waals surface area contributed by atoms with Crippen molar-refractivity contribution < 1.29 is 5.11 Å². The molecule has 4 nitrogen and oxygen atoms in total. The lowest BCUT2D eigenvalue weighted by atomic mass is 10.4. The minimum atomic E-state index is -0.0548. The molecule has 0 saturated carbocycles. The maximum Gasteiger partial charge on any atom is 0.147 e. The standard InChI is InChI=1S/C9H15N3O/c1-3-4-12(2)9-6-10-5-8(7-13)11-9/h5-6,13H,3-4,7H2,1-2H3. The number of hydrogen-bond acceptors (Lipinski definition) is 4. The molecule has 0 bridgehead atoms. The molecule has 0 unspecified atom stereocenters. The zero-order chi connectivity index (χ0) is 9.68. The Kier molecular flexibility index (Phi) is 3.64. The molecule has 0 aliphatic heterocycles. The quantitative estimate of drug-likeness (QED) is 0.747. The lowest BCUT2D eigenvalue weighted by Crippen LogP contribution is -2.19. The van der Waals surface area contributed by atoms with Gasteiger partial charge in [-0.05, 0) is 6.42 Å². The van der Waals surface area contributed by atoms with Crippen molar-refractivity contribution in [2.45, 2.75) is 20.0 Å². The van der Waals surface area contributed by atoms with Gasteiger partial charge in [0.05, 0.1) is 24.7 Å². The van der Waals surface area contributed by atoms with E-state index in [0.717, 1.165) is 18.8 Å². The molecule has 72 valence electrons. The highest BCUT2D eigenvalue weighted by molar-refractivity contribution is 5.34. The highest BCUT2D eigenvalue weighted by Gasteiger charge is 2.02. The number of nitrogens with zero attached hydrogens (tertiary/aromatic N) is 3. The van der Waals surface area contributed by atoms with Crippen LogP contribution in [0.1, 0.15) is 19.0 Å². The molecule has 1 N–H and O–H groups in total. The summed E-state index contributed by atoms with van der Waals surface area (Å²) < 4.78 is 0. The van der Waals surface area contributed by atoms with E-state index in [2.05, 4.69) is 16.9 Å². The normalized spacial score (nSPS) is 10.1.